The fourth-order valence-electron chi connectivity index (χ4n) is 2.19. The maximum atomic E-state index is 11.2. The van der Waals surface area contributed by atoms with Gasteiger partial charge in [0.15, 0.2) is 0 Å². The Morgan fingerprint density at radius 1 is 1.41 bits per heavy atom. The van der Waals surface area contributed by atoms with Crippen molar-refractivity contribution in [1.29, 1.82) is 0 Å². The predicted octanol–water partition coefficient (Wildman–Crippen LogP) is 2.56. The summed E-state index contributed by atoms with van der Waals surface area (Å²) in [7, 11) is 0. The quantitative estimate of drug-likeness (QED) is 0.840. The van der Waals surface area contributed by atoms with Gasteiger partial charge >= 0.3 is 5.97 Å². The van der Waals surface area contributed by atoms with Crippen molar-refractivity contribution >= 4 is 29.0 Å². The third kappa shape index (κ3) is 1.32. The zero-order chi connectivity index (χ0) is 12.2. The van der Waals surface area contributed by atoms with E-state index in [1.54, 1.807) is 0 Å². The first-order valence-corrected chi connectivity index (χ1v) is 6.01. The van der Waals surface area contributed by atoms with E-state index in [4.69, 9.17) is 0 Å². The molecule has 0 amide bonds. The lowest BCUT2D eigenvalue weighted by Crippen LogP contribution is -2.08. The molecule has 0 saturated carbocycles. The van der Waals surface area contributed by atoms with Crippen LogP contribution in [-0.2, 0) is 4.79 Å². The summed E-state index contributed by atoms with van der Waals surface area (Å²) in [6.45, 7) is 3.74. The van der Waals surface area contributed by atoms with Crippen molar-refractivity contribution in [3.63, 3.8) is 0 Å². The van der Waals surface area contributed by atoms with Crippen molar-refractivity contribution < 1.29 is 9.90 Å². The molecule has 1 N–H and O–H groups in total. The van der Waals surface area contributed by atoms with Crippen molar-refractivity contribution in [2.24, 2.45) is 0 Å². The summed E-state index contributed by atoms with van der Waals surface area (Å²) in [5, 5.41) is 10.1. The number of nitrogens with zero attached hydrogens (tertiary/aromatic N) is 2. The van der Waals surface area contributed by atoms with E-state index in [1.807, 2.05) is 36.4 Å². The molecule has 17 heavy (non-hydrogen) atoms. The van der Waals surface area contributed by atoms with Crippen LogP contribution in [0.4, 0.5) is 0 Å². The van der Waals surface area contributed by atoms with E-state index >= 15 is 0 Å². The molecule has 0 aliphatic carbocycles. The summed E-state index contributed by atoms with van der Waals surface area (Å²) in [4.78, 5) is 16.1. The van der Waals surface area contributed by atoms with E-state index in [0.717, 1.165) is 27.6 Å². The van der Waals surface area contributed by atoms with Gasteiger partial charge in [-0.05, 0) is 31.6 Å². The molecule has 0 aromatic carbocycles. The smallest absolute Gasteiger partial charge is 0.342 e. The standard InChI is InChI=1S/C12H10N2O2S/c1-6-10-7(2)13-8-4-3-5-9(14(8)10)17-11(6)12(15)16/h3-5H,1-2H3,(H,15,16). The number of aromatic nitrogens is 2. The number of allylic oxidation sites excluding steroid dienone is 1. The Morgan fingerprint density at radius 2 is 2.18 bits per heavy atom. The molecule has 3 rings (SSSR count). The molecule has 0 radical (unpaired) electrons. The van der Waals surface area contributed by atoms with Crippen molar-refractivity contribution in [1.82, 2.24) is 9.38 Å². The molecular formula is C12H10N2O2S. The van der Waals surface area contributed by atoms with E-state index in [1.165, 1.54) is 11.8 Å². The number of aliphatic carboxylic acids is 1. The molecule has 0 spiro atoms. The molecule has 0 saturated heterocycles. The van der Waals surface area contributed by atoms with Crippen molar-refractivity contribution in [2.75, 3.05) is 0 Å². The third-order valence-corrected chi connectivity index (χ3v) is 4.09. The van der Waals surface area contributed by atoms with Gasteiger partial charge in [-0.1, -0.05) is 17.8 Å². The van der Waals surface area contributed by atoms with E-state index in [9.17, 15) is 9.90 Å². The monoisotopic (exact) mass is 246 g/mol. The van der Waals surface area contributed by atoms with Gasteiger partial charge in [-0.15, -0.1) is 0 Å². The molecule has 2 aromatic rings. The highest BCUT2D eigenvalue weighted by Gasteiger charge is 2.25. The Kier molecular flexibility index (Phi) is 2.06. The van der Waals surface area contributed by atoms with Crippen LogP contribution in [0.15, 0.2) is 28.1 Å². The van der Waals surface area contributed by atoms with Crippen LogP contribution < -0.4 is 0 Å². The van der Waals surface area contributed by atoms with Gasteiger partial charge in [-0.2, -0.15) is 0 Å². The molecular weight excluding hydrogens is 236 g/mol. The van der Waals surface area contributed by atoms with Gasteiger partial charge in [0, 0.05) is 0 Å². The first kappa shape index (κ1) is 10.4. The van der Waals surface area contributed by atoms with Gasteiger partial charge in [0.1, 0.15) is 10.6 Å². The fraction of sp³-hybridized carbons (Fsp3) is 0.167. The predicted molar refractivity (Wildman–Crippen MR) is 66.0 cm³/mol. The highest BCUT2D eigenvalue weighted by Crippen LogP contribution is 2.40. The third-order valence-electron chi connectivity index (χ3n) is 2.88. The number of imidazole rings is 1. The highest BCUT2D eigenvalue weighted by atomic mass is 32.2. The number of thioether (sulfide) groups is 1. The van der Waals surface area contributed by atoms with Gasteiger partial charge in [-0.3, -0.25) is 4.40 Å². The number of carboxylic acids is 1. The van der Waals surface area contributed by atoms with Crippen LogP contribution in [0.5, 0.6) is 0 Å². The molecule has 5 heteroatoms. The number of hydrogen-bond donors (Lipinski definition) is 1. The number of rotatable bonds is 1. The highest BCUT2D eigenvalue weighted by molar-refractivity contribution is 8.04. The Labute approximate surface area is 102 Å². The normalized spacial score (nSPS) is 14.5. The van der Waals surface area contributed by atoms with Crippen LogP contribution in [0.1, 0.15) is 18.3 Å². The molecule has 2 aromatic heterocycles. The van der Waals surface area contributed by atoms with Crippen LogP contribution in [-0.4, -0.2) is 20.5 Å². The van der Waals surface area contributed by atoms with Gasteiger partial charge in [0.05, 0.1) is 16.4 Å². The van der Waals surface area contributed by atoms with Crippen LogP contribution in [0.25, 0.3) is 11.2 Å². The summed E-state index contributed by atoms with van der Waals surface area (Å²) in [5.41, 5.74) is 3.43. The minimum Gasteiger partial charge on any atom is -0.477 e. The zero-order valence-electron chi connectivity index (χ0n) is 9.39. The lowest BCUT2D eigenvalue weighted by molar-refractivity contribution is -0.131. The molecule has 86 valence electrons. The van der Waals surface area contributed by atoms with Gasteiger partial charge < -0.3 is 5.11 Å². The second kappa shape index (κ2) is 3.37. The number of carboxylic acid groups (broad SMARTS) is 1. The Morgan fingerprint density at radius 3 is 2.88 bits per heavy atom. The van der Waals surface area contributed by atoms with Gasteiger partial charge in [0.25, 0.3) is 0 Å². The minimum atomic E-state index is -0.878. The van der Waals surface area contributed by atoms with Crippen LogP contribution in [0.2, 0.25) is 0 Å². The molecule has 1 aliphatic rings. The van der Waals surface area contributed by atoms with E-state index in [0.29, 0.717) is 4.91 Å². The van der Waals surface area contributed by atoms with Crippen LogP contribution in [0.3, 0.4) is 0 Å². The summed E-state index contributed by atoms with van der Waals surface area (Å²) in [6.07, 6.45) is 0. The lowest BCUT2D eigenvalue weighted by atomic mass is 10.1. The molecule has 0 bridgehead atoms. The van der Waals surface area contributed by atoms with E-state index < -0.39 is 5.97 Å². The summed E-state index contributed by atoms with van der Waals surface area (Å²) in [5.74, 6) is -0.878. The van der Waals surface area contributed by atoms with Crippen molar-refractivity contribution in [3.8, 4) is 0 Å². The van der Waals surface area contributed by atoms with Crippen LogP contribution >= 0.6 is 11.8 Å². The largest absolute Gasteiger partial charge is 0.477 e. The number of pyridine rings is 1. The van der Waals surface area contributed by atoms with Crippen LogP contribution in [0, 0.1) is 6.92 Å². The number of carbonyl (C=O) groups is 1. The Balaban J connectivity index is 2.44. The summed E-state index contributed by atoms with van der Waals surface area (Å²) < 4.78 is 2.02. The lowest BCUT2D eigenvalue weighted by Gasteiger charge is -2.17. The Bertz CT molecular complexity index is 685. The van der Waals surface area contributed by atoms with Crippen molar-refractivity contribution in [2.45, 2.75) is 18.9 Å². The number of hydrogen-bond acceptors (Lipinski definition) is 3. The average molecular weight is 246 g/mol. The van der Waals surface area contributed by atoms with E-state index in [-0.39, 0.29) is 0 Å². The maximum Gasteiger partial charge on any atom is 0.342 e. The summed E-state index contributed by atoms with van der Waals surface area (Å²) in [6, 6.07) is 5.74. The number of aryl methyl sites for hydroxylation is 1. The minimum absolute atomic E-state index is 0.383. The van der Waals surface area contributed by atoms with E-state index in [2.05, 4.69) is 4.98 Å². The zero-order valence-corrected chi connectivity index (χ0v) is 10.2. The molecule has 0 unspecified atom stereocenters. The topological polar surface area (TPSA) is 54.6 Å². The van der Waals surface area contributed by atoms with Crippen molar-refractivity contribution in [3.05, 3.63) is 34.5 Å². The van der Waals surface area contributed by atoms with Gasteiger partial charge in [0.2, 0.25) is 0 Å². The Hall–Kier alpha value is -1.75. The fourth-order valence-corrected chi connectivity index (χ4v) is 3.16. The second-order valence-electron chi connectivity index (χ2n) is 3.96. The molecule has 3 heterocycles. The summed E-state index contributed by atoms with van der Waals surface area (Å²) >= 11 is 1.28. The molecule has 0 atom stereocenters. The molecule has 1 aliphatic heterocycles. The molecule has 0 fully saturated rings. The molecule has 4 nitrogen and oxygen atoms in total. The van der Waals surface area contributed by atoms with Gasteiger partial charge in [-0.25, -0.2) is 9.78 Å². The first-order valence-electron chi connectivity index (χ1n) is 5.20. The SMILES string of the molecule is CC1=C(C(=O)O)Sc2cccc3nc(C)c1n23. The maximum absolute atomic E-state index is 11.2. The first-order chi connectivity index (χ1) is 8.09. The average Bonchev–Trinajstić information content (AvgIpc) is 2.61. The second-order valence-corrected chi connectivity index (χ2v) is 5.00.